The summed E-state index contributed by atoms with van der Waals surface area (Å²) in [5.41, 5.74) is 0. The van der Waals surface area contributed by atoms with E-state index >= 15 is 0 Å². The molecule has 96 heavy (non-hydrogen) atoms. The van der Waals surface area contributed by atoms with E-state index in [9.17, 15) is 19.0 Å². The molecular formula is C86H159NO8P+. The van der Waals surface area contributed by atoms with Gasteiger partial charge in [-0.05, 0) is 89.9 Å². The summed E-state index contributed by atoms with van der Waals surface area (Å²) >= 11 is 0. The first-order chi connectivity index (χ1) is 47.0. The van der Waals surface area contributed by atoms with E-state index in [0.29, 0.717) is 23.9 Å². The Morgan fingerprint density at radius 1 is 0.333 bits per heavy atom. The summed E-state index contributed by atoms with van der Waals surface area (Å²) in [6.45, 7) is 4.37. The van der Waals surface area contributed by atoms with Crippen molar-refractivity contribution >= 4 is 19.8 Å². The second kappa shape index (κ2) is 76.4. The van der Waals surface area contributed by atoms with Gasteiger partial charge in [-0.3, -0.25) is 18.6 Å². The summed E-state index contributed by atoms with van der Waals surface area (Å²) in [5, 5.41) is 0. The van der Waals surface area contributed by atoms with Crippen molar-refractivity contribution in [1.82, 2.24) is 0 Å². The maximum Gasteiger partial charge on any atom is 0.472 e. The highest BCUT2D eigenvalue weighted by atomic mass is 31.2. The van der Waals surface area contributed by atoms with Crippen molar-refractivity contribution in [3.8, 4) is 0 Å². The molecule has 0 aliphatic heterocycles. The molecule has 0 amide bonds. The van der Waals surface area contributed by atoms with E-state index in [-0.39, 0.29) is 25.6 Å². The topological polar surface area (TPSA) is 108 Å². The van der Waals surface area contributed by atoms with Gasteiger partial charge in [-0.25, -0.2) is 4.57 Å². The van der Waals surface area contributed by atoms with E-state index in [0.717, 1.165) is 70.6 Å². The fourth-order valence-electron chi connectivity index (χ4n) is 12.1. The van der Waals surface area contributed by atoms with E-state index in [1.807, 2.05) is 21.1 Å². The lowest BCUT2D eigenvalue weighted by Gasteiger charge is -2.24. The number of carbonyl (C=O) groups is 2. The maximum atomic E-state index is 12.9. The first-order valence-corrected chi connectivity index (χ1v) is 42.8. The molecule has 2 unspecified atom stereocenters. The number of carbonyl (C=O) groups excluding carboxylic acids is 2. The summed E-state index contributed by atoms with van der Waals surface area (Å²) in [7, 11) is 1.50. The number of quaternary nitrogens is 1. The van der Waals surface area contributed by atoms with Crippen molar-refractivity contribution in [2.24, 2.45) is 0 Å². The summed E-state index contributed by atoms with van der Waals surface area (Å²) in [5.74, 6) is -0.775. The molecule has 0 heterocycles. The molecule has 0 radical (unpaired) electrons. The molecule has 0 saturated heterocycles. The summed E-state index contributed by atoms with van der Waals surface area (Å²) in [4.78, 5) is 36.0. The Bertz CT molecular complexity index is 1900. The van der Waals surface area contributed by atoms with E-state index in [2.05, 4.69) is 98.9 Å². The fraction of sp³-hybridized carbons (Fsp3) is 0.814. The summed E-state index contributed by atoms with van der Waals surface area (Å²) < 4.78 is 34.9. The number of rotatable bonds is 77. The second-order valence-electron chi connectivity index (χ2n) is 29.1. The molecule has 0 aliphatic carbocycles. The number of hydrogen-bond donors (Lipinski definition) is 1. The number of ether oxygens (including phenoxy) is 2. The molecule has 10 heteroatoms. The molecule has 0 bridgehead atoms. The van der Waals surface area contributed by atoms with Crippen LogP contribution in [0.4, 0.5) is 0 Å². The van der Waals surface area contributed by atoms with Crippen LogP contribution >= 0.6 is 7.82 Å². The Morgan fingerprint density at radius 2 is 0.594 bits per heavy atom. The maximum absolute atomic E-state index is 12.9. The quantitative estimate of drug-likeness (QED) is 0.0211. The van der Waals surface area contributed by atoms with Crippen molar-refractivity contribution in [3.05, 3.63) is 85.1 Å². The number of hydrogen-bond acceptors (Lipinski definition) is 7. The second-order valence-corrected chi connectivity index (χ2v) is 30.6. The van der Waals surface area contributed by atoms with Crippen LogP contribution in [-0.4, -0.2) is 74.9 Å². The number of allylic oxidation sites excluding steroid dienone is 14. The Labute approximate surface area is 596 Å². The molecular weight excluding hydrogens is 1210 g/mol. The van der Waals surface area contributed by atoms with Gasteiger partial charge in [0.1, 0.15) is 19.8 Å². The molecule has 0 rings (SSSR count). The van der Waals surface area contributed by atoms with Crippen LogP contribution in [0.3, 0.4) is 0 Å². The Hall–Kier alpha value is -2.81. The van der Waals surface area contributed by atoms with Crippen molar-refractivity contribution in [1.29, 1.82) is 0 Å². The van der Waals surface area contributed by atoms with Gasteiger partial charge in [-0.2, -0.15) is 0 Å². The van der Waals surface area contributed by atoms with E-state index in [1.165, 1.54) is 295 Å². The lowest BCUT2D eigenvalue weighted by molar-refractivity contribution is -0.870. The normalized spacial score (nSPS) is 13.4. The van der Waals surface area contributed by atoms with Crippen molar-refractivity contribution in [2.75, 3.05) is 47.5 Å². The van der Waals surface area contributed by atoms with E-state index in [4.69, 9.17) is 18.5 Å². The van der Waals surface area contributed by atoms with Gasteiger partial charge in [0, 0.05) is 12.8 Å². The predicted octanol–water partition coefficient (Wildman–Crippen LogP) is 27.6. The molecule has 0 aromatic rings. The van der Waals surface area contributed by atoms with Gasteiger partial charge < -0.3 is 18.9 Å². The monoisotopic (exact) mass is 1370 g/mol. The van der Waals surface area contributed by atoms with Crippen molar-refractivity contribution in [2.45, 2.75) is 405 Å². The van der Waals surface area contributed by atoms with Crippen LogP contribution in [0.5, 0.6) is 0 Å². The SMILES string of the molecule is CC/C=C\C/C=C\C/C=C\C/C=C\C/C=C\CCCCCCCCCCCCCCCCCCCCCCCCCCCC(=O)OC(COC(=O)CCCCCCCCCCCCCCCCCCCCC/C=C\C/C=C\CCCCCCC)COP(=O)(O)OCC[N+](C)(C)C. The molecule has 0 fully saturated rings. The molecule has 0 saturated carbocycles. The van der Waals surface area contributed by atoms with Crippen LogP contribution in [0, 0.1) is 0 Å². The molecule has 2 atom stereocenters. The van der Waals surface area contributed by atoms with Crippen LogP contribution in [0.15, 0.2) is 85.1 Å². The summed E-state index contributed by atoms with van der Waals surface area (Å²) in [6, 6.07) is 0. The van der Waals surface area contributed by atoms with Crippen LogP contribution < -0.4 is 0 Å². The Balaban J connectivity index is 3.89. The van der Waals surface area contributed by atoms with Crippen molar-refractivity contribution in [3.63, 3.8) is 0 Å². The van der Waals surface area contributed by atoms with Crippen LogP contribution in [0.2, 0.25) is 0 Å². The van der Waals surface area contributed by atoms with Gasteiger partial charge >= 0.3 is 19.8 Å². The first kappa shape index (κ1) is 93.2. The first-order valence-electron chi connectivity index (χ1n) is 41.3. The third kappa shape index (κ3) is 80.2. The van der Waals surface area contributed by atoms with Crippen LogP contribution in [-0.2, 0) is 32.7 Å². The molecule has 9 nitrogen and oxygen atoms in total. The van der Waals surface area contributed by atoms with E-state index < -0.39 is 26.5 Å². The minimum absolute atomic E-state index is 0.0332. The highest BCUT2D eigenvalue weighted by Gasteiger charge is 2.27. The number of unbranched alkanes of at least 4 members (excludes halogenated alkanes) is 49. The minimum atomic E-state index is -4.40. The highest BCUT2D eigenvalue weighted by molar-refractivity contribution is 7.47. The average Bonchev–Trinajstić information content (AvgIpc) is 2.54. The van der Waals surface area contributed by atoms with Gasteiger partial charge in [0.25, 0.3) is 0 Å². The standard InChI is InChI=1S/C86H158NO8P/c1-6-8-10-12-14-16-18-20-22-24-26-28-30-32-34-36-38-39-40-41-42-43-44-45-46-47-49-51-53-55-57-59-61-63-65-67-69-71-73-75-77-79-86(89)95-84(83-94-96(90,91)93-81-80-87(3,4)5)82-92-85(88)78-76-74-72-70-68-66-64-62-60-58-56-54-52-50-48-37-35-33-31-29-27-25-23-21-19-17-15-13-11-9-7-2/h8,10,14,16,19-22,25-28,32,34,84H,6-7,9,11-13,15,17-18,23-24,29-31,33,35-83H2,1-5H3/p+1/b10-8-,16-14-,21-19-,22-20-,27-25-,28-26-,34-32-. The number of phosphoric ester groups is 1. The van der Waals surface area contributed by atoms with Gasteiger partial charge in [-0.1, -0.05) is 381 Å². The highest BCUT2D eigenvalue weighted by Crippen LogP contribution is 2.43. The smallest absolute Gasteiger partial charge is 0.462 e. The van der Waals surface area contributed by atoms with Gasteiger partial charge in [-0.15, -0.1) is 0 Å². The zero-order valence-electron chi connectivity index (χ0n) is 64.1. The van der Waals surface area contributed by atoms with E-state index in [1.54, 1.807) is 0 Å². The zero-order chi connectivity index (χ0) is 69.7. The van der Waals surface area contributed by atoms with Crippen LogP contribution in [0.25, 0.3) is 0 Å². The molecule has 0 aromatic heterocycles. The fourth-order valence-corrected chi connectivity index (χ4v) is 12.9. The zero-order valence-corrected chi connectivity index (χ0v) is 65.0. The minimum Gasteiger partial charge on any atom is -0.462 e. The molecule has 0 spiro atoms. The summed E-state index contributed by atoms with van der Waals surface area (Å²) in [6.07, 6.45) is 106. The third-order valence-electron chi connectivity index (χ3n) is 18.4. The lowest BCUT2D eigenvalue weighted by Crippen LogP contribution is -2.37. The number of phosphoric acid groups is 1. The lowest BCUT2D eigenvalue weighted by atomic mass is 10.0. The molecule has 1 N–H and O–H groups in total. The largest absolute Gasteiger partial charge is 0.472 e. The third-order valence-corrected chi connectivity index (χ3v) is 19.4. The average molecular weight is 1370 g/mol. The van der Waals surface area contributed by atoms with Gasteiger partial charge in [0.2, 0.25) is 0 Å². The Kier molecular flexibility index (Phi) is 74.1. The van der Waals surface area contributed by atoms with Crippen molar-refractivity contribution < 1.29 is 42.1 Å². The predicted molar refractivity (Wildman–Crippen MR) is 418 cm³/mol. The Morgan fingerprint density at radius 3 is 0.885 bits per heavy atom. The van der Waals surface area contributed by atoms with Gasteiger partial charge in [0.05, 0.1) is 27.7 Å². The van der Waals surface area contributed by atoms with Gasteiger partial charge in [0.15, 0.2) is 6.10 Å². The number of nitrogens with zero attached hydrogens (tertiary/aromatic N) is 1. The molecule has 0 aliphatic rings. The molecule has 0 aromatic carbocycles. The molecule has 560 valence electrons. The van der Waals surface area contributed by atoms with Crippen LogP contribution in [0.1, 0.15) is 399 Å². The number of likely N-dealkylation sites (N-methyl/N-ethyl adjacent to an activating group) is 1. The number of esters is 2.